The topological polar surface area (TPSA) is 26.0 Å². The predicted octanol–water partition coefficient (Wildman–Crippen LogP) is 4.76. The maximum atomic E-state index is 6.48. The van der Waals surface area contributed by atoms with Crippen LogP contribution in [-0.2, 0) is 6.42 Å². The van der Waals surface area contributed by atoms with E-state index in [9.17, 15) is 0 Å². The van der Waals surface area contributed by atoms with Gasteiger partial charge in [0, 0.05) is 10.7 Å². The van der Waals surface area contributed by atoms with Crippen molar-refractivity contribution in [1.29, 1.82) is 0 Å². The zero-order valence-electron chi connectivity index (χ0n) is 11.9. The molecule has 102 valence electrons. The van der Waals surface area contributed by atoms with Crippen molar-refractivity contribution in [3.63, 3.8) is 0 Å². The van der Waals surface area contributed by atoms with Gasteiger partial charge in [0.15, 0.2) is 0 Å². The van der Waals surface area contributed by atoms with Gasteiger partial charge in [0.05, 0.1) is 0 Å². The van der Waals surface area contributed by atoms with Crippen molar-refractivity contribution in [1.82, 2.24) is 0 Å². The summed E-state index contributed by atoms with van der Waals surface area (Å²) in [6.07, 6.45) is 0.899. The lowest BCUT2D eigenvalue weighted by atomic mass is 9.92. The first-order valence-corrected chi connectivity index (χ1v) is 7.81. The maximum Gasteiger partial charge on any atom is 0.0345 e. The summed E-state index contributed by atoms with van der Waals surface area (Å²) in [5.41, 5.74) is 11.7. The average molecular weight is 281 g/mol. The Bertz CT molecular complexity index is 722. The molecule has 0 aliphatic carbocycles. The molecule has 1 nitrogen and oxygen atoms in total. The van der Waals surface area contributed by atoms with Gasteiger partial charge in [-0.05, 0) is 59.4 Å². The van der Waals surface area contributed by atoms with E-state index < -0.39 is 0 Å². The molecule has 0 saturated heterocycles. The smallest absolute Gasteiger partial charge is 0.0345 e. The summed E-state index contributed by atoms with van der Waals surface area (Å²) in [5, 5.41) is 3.59. The fraction of sp³-hybridized carbons (Fsp3) is 0.222. The van der Waals surface area contributed by atoms with Gasteiger partial charge < -0.3 is 5.73 Å². The molecular formula is C18H19NS. The van der Waals surface area contributed by atoms with Crippen LogP contribution in [0.3, 0.4) is 0 Å². The van der Waals surface area contributed by atoms with E-state index in [4.69, 9.17) is 5.73 Å². The van der Waals surface area contributed by atoms with E-state index in [2.05, 4.69) is 61.7 Å². The number of benzene rings is 2. The van der Waals surface area contributed by atoms with Crippen LogP contribution in [0.15, 0.2) is 47.8 Å². The van der Waals surface area contributed by atoms with E-state index in [1.165, 1.54) is 32.3 Å². The Kier molecular flexibility index (Phi) is 3.60. The molecule has 0 aliphatic rings. The van der Waals surface area contributed by atoms with Gasteiger partial charge in [0.1, 0.15) is 0 Å². The molecule has 1 aromatic heterocycles. The summed E-state index contributed by atoms with van der Waals surface area (Å²) >= 11 is 1.80. The van der Waals surface area contributed by atoms with Crippen LogP contribution in [0.2, 0.25) is 0 Å². The standard InChI is InChI=1S/C18H19NS/c1-12-6-5-7-13(2)18(12)16(19)10-14-11-20-17-9-4-3-8-15(14)17/h3-9,11,16H,10,19H2,1-2H3. The van der Waals surface area contributed by atoms with Crippen LogP contribution >= 0.6 is 11.3 Å². The summed E-state index contributed by atoms with van der Waals surface area (Å²) in [4.78, 5) is 0. The van der Waals surface area contributed by atoms with Crippen molar-refractivity contribution in [2.24, 2.45) is 5.73 Å². The summed E-state index contributed by atoms with van der Waals surface area (Å²) in [6.45, 7) is 4.29. The first-order valence-electron chi connectivity index (χ1n) is 6.93. The summed E-state index contributed by atoms with van der Waals surface area (Å²) in [6, 6.07) is 15.0. The zero-order chi connectivity index (χ0) is 14.1. The molecule has 0 radical (unpaired) electrons. The number of hydrogen-bond acceptors (Lipinski definition) is 2. The van der Waals surface area contributed by atoms with E-state index in [1.54, 1.807) is 11.3 Å². The van der Waals surface area contributed by atoms with Crippen LogP contribution in [0.1, 0.15) is 28.3 Å². The quantitative estimate of drug-likeness (QED) is 0.736. The van der Waals surface area contributed by atoms with Crippen LogP contribution in [-0.4, -0.2) is 0 Å². The molecule has 2 N–H and O–H groups in total. The minimum atomic E-state index is 0.0641. The van der Waals surface area contributed by atoms with Gasteiger partial charge in [-0.1, -0.05) is 36.4 Å². The van der Waals surface area contributed by atoms with E-state index in [-0.39, 0.29) is 6.04 Å². The second-order valence-corrected chi connectivity index (χ2v) is 6.28. The van der Waals surface area contributed by atoms with Crippen molar-refractivity contribution in [3.8, 4) is 0 Å². The lowest BCUT2D eigenvalue weighted by Crippen LogP contribution is -2.15. The lowest BCUT2D eigenvalue weighted by Gasteiger charge is -2.17. The molecule has 1 heterocycles. The molecule has 0 aliphatic heterocycles. The number of nitrogens with two attached hydrogens (primary N) is 1. The SMILES string of the molecule is Cc1cccc(C)c1C(N)Cc1csc2ccccc12. The molecule has 0 bridgehead atoms. The van der Waals surface area contributed by atoms with Gasteiger partial charge in [-0.15, -0.1) is 11.3 Å². The number of thiophene rings is 1. The van der Waals surface area contributed by atoms with Gasteiger partial charge >= 0.3 is 0 Å². The molecule has 1 unspecified atom stereocenters. The molecular weight excluding hydrogens is 262 g/mol. The largest absolute Gasteiger partial charge is 0.324 e. The van der Waals surface area contributed by atoms with Gasteiger partial charge in [-0.2, -0.15) is 0 Å². The van der Waals surface area contributed by atoms with E-state index in [0.29, 0.717) is 0 Å². The first kappa shape index (κ1) is 13.3. The lowest BCUT2D eigenvalue weighted by molar-refractivity contribution is 0.716. The summed E-state index contributed by atoms with van der Waals surface area (Å²) < 4.78 is 1.34. The Labute approximate surface area is 124 Å². The molecule has 0 amide bonds. The predicted molar refractivity (Wildman–Crippen MR) is 88.4 cm³/mol. The normalized spacial score (nSPS) is 12.8. The van der Waals surface area contributed by atoms with Gasteiger partial charge in [-0.3, -0.25) is 0 Å². The van der Waals surface area contributed by atoms with E-state index in [1.807, 2.05) is 0 Å². The minimum absolute atomic E-state index is 0.0641. The third-order valence-electron chi connectivity index (χ3n) is 3.91. The highest BCUT2D eigenvalue weighted by Crippen LogP contribution is 2.30. The van der Waals surface area contributed by atoms with Crippen LogP contribution in [0.25, 0.3) is 10.1 Å². The number of rotatable bonds is 3. The van der Waals surface area contributed by atoms with Gasteiger partial charge in [0.25, 0.3) is 0 Å². The second-order valence-electron chi connectivity index (χ2n) is 5.37. The molecule has 3 rings (SSSR count). The molecule has 0 fully saturated rings. The van der Waals surface area contributed by atoms with Gasteiger partial charge in [0.2, 0.25) is 0 Å². The number of hydrogen-bond donors (Lipinski definition) is 1. The molecule has 0 saturated carbocycles. The van der Waals surface area contributed by atoms with Crippen molar-refractivity contribution in [3.05, 3.63) is 70.1 Å². The summed E-state index contributed by atoms with van der Waals surface area (Å²) in [7, 11) is 0. The molecule has 1 atom stereocenters. The highest BCUT2D eigenvalue weighted by molar-refractivity contribution is 7.17. The Morgan fingerprint density at radius 2 is 1.70 bits per heavy atom. The monoisotopic (exact) mass is 281 g/mol. The molecule has 0 spiro atoms. The first-order chi connectivity index (χ1) is 9.66. The molecule has 3 aromatic rings. The third-order valence-corrected chi connectivity index (χ3v) is 4.93. The van der Waals surface area contributed by atoms with Crippen molar-refractivity contribution in [2.45, 2.75) is 26.3 Å². The molecule has 20 heavy (non-hydrogen) atoms. The minimum Gasteiger partial charge on any atom is -0.324 e. The fourth-order valence-electron chi connectivity index (χ4n) is 2.94. The van der Waals surface area contributed by atoms with Crippen LogP contribution < -0.4 is 5.73 Å². The zero-order valence-corrected chi connectivity index (χ0v) is 12.7. The Hall–Kier alpha value is -1.64. The molecule has 2 heteroatoms. The maximum absolute atomic E-state index is 6.48. The number of fused-ring (bicyclic) bond motifs is 1. The Balaban J connectivity index is 1.95. The van der Waals surface area contributed by atoms with Crippen molar-refractivity contribution >= 4 is 21.4 Å². The van der Waals surface area contributed by atoms with Crippen molar-refractivity contribution < 1.29 is 0 Å². The van der Waals surface area contributed by atoms with Gasteiger partial charge in [-0.25, -0.2) is 0 Å². The highest BCUT2D eigenvalue weighted by Gasteiger charge is 2.14. The third kappa shape index (κ3) is 2.37. The van der Waals surface area contributed by atoms with E-state index >= 15 is 0 Å². The average Bonchev–Trinajstić information content (AvgIpc) is 2.82. The van der Waals surface area contributed by atoms with Crippen LogP contribution in [0, 0.1) is 13.8 Å². The molecule has 2 aromatic carbocycles. The van der Waals surface area contributed by atoms with Crippen LogP contribution in [0.4, 0.5) is 0 Å². The van der Waals surface area contributed by atoms with Crippen LogP contribution in [0.5, 0.6) is 0 Å². The fourth-order valence-corrected chi connectivity index (χ4v) is 3.92. The van der Waals surface area contributed by atoms with E-state index in [0.717, 1.165) is 6.42 Å². The Morgan fingerprint density at radius 1 is 1.00 bits per heavy atom. The summed E-state index contributed by atoms with van der Waals surface area (Å²) in [5.74, 6) is 0. The van der Waals surface area contributed by atoms with Crippen molar-refractivity contribution in [2.75, 3.05) is 0 Å². The second kappa shape index (κ2) is 5.39. The Morgan fingerprint density at radius 3 is 2.45 bits per heavy atom. The highest BCUT2D eigenvalue weighted by atomic mass is 32.1. The number of aryl methyl sites for hydroxylation is 2.